The molecule has 41 heavy (non-hydrogen) atoms. The average molecular weight is 610 g/mol. The molecule has 5 rings (SSSR count). The molecule has 10 nitrogen and oxygen atoms in total. The van der Waals surface area contributed by atoms with Crippen molar-refractivity contribution in [3.05, 3.63) is 106 Å². The molecule has 1 aromatic heterocycles. The van der Waals surface area contributed by atoms with E-state index in [1.807, 2.05) is 60.7 Å². The second kappa shape index (κ2) is 12.6. The number of carbonyl (C=O) groups is 3. The number of allylic oxidation sites excluding steroid dienone is 1. The summed E-state index contributed by atoms with van der Waals surface area (Å²) in [4.78, 5) is 50.6. The monoisotopic (exact) mass is 609 g/mol. The number of nitrogens with one attached hydrogen (secondary N) is 1. The summed E-state index contributed by atoms with van der Waals surface area (Å²) in [5.41, 5.74) is 9.24. The van der Waals surface area contributed by atoms with E-state index in [1.165, 1.54) is 29.3 Å². The highest BCUT2D eigenvalue weighted by Crippen LogP contribution is 2.42. The van der Waals surface area contributed by atoms with E-state index in [0.717, 1.165) is 22.5 Å². The van der Waals surface area contributed by atoms with E-state index in [0.29, 0.717) is 11.3 Å². The number of halogens is 1. The number of thiazole rings is 1. The van der Waals surface area contributed by atoms with Crippen molar-refractivity contribution >= 4 is 63.3 Å². The van der Waals surface area contributed by atoms with Crippen molar-refractivity contribution in [1.29, 1.82) is 0 Å². The zero-order valence-electron chi connectivity index (χ0n) is 21.6. The molecule has 2 amide bonds. The zero-order chi connectivity index (χ0) is 28.9. The molecular formula is C28H24ClN5O5S2. The largest absolute Gasteiger partial charge is 0.448 e. The number of nitrogens with two attached hydrogens (primary N) is 1. The van der Waals surface area contributed by atoms with E-state index >= 15 is 0 Å². The molecule has 2 aromatic carbocycles. The highest BCUT2D eigenvalue weighted by molar-refractivity contribution is 8.00. The lowest BCUT2D eigenvalue weighted by molar-refractivity contribution is -0.154. The summed E-state index contributed by atoms with van der Waals surface area (Å²) in [6.07, 6.45) is 0.855. The maximum absolute atomic E-state index is 13.8. The second-order valence-electron chi connectivity index (χ2n) is 8.83. The van der Waals surface area contributed by atoms with Crippen LogP contribution < -0.4 is 11.1 Å². The molecule has 13 heteroatoms. The Morgan fingerprint density at radius 3 is 2.39 bits per heavy atom. The number of nitrogens with zero attached hydrogens (tertiary/aromatic N) is 3. The Balaban J connectivity index is 1.40. The van der Waals surface area contributed by atoms with Crippen molar-refractivity contribution in [2.75, 3.05) is 18.6 Å². The maximum atomic E-state index is 13.8. The molecule has 0 bridgehead atoms. The molecule has 2 aliphatic rings. The van der Waals surface area contributed by atoms with Gasteiger partial charge < -0.3 is 20.6 Å². The standard InChI is InChI=1S/C28H24ClN5O5S2/c1-38-33-20(19-15-41-28(30)31-19)24(35)32-21-25(36)34-22(18(12-13-29)14-40-26(21)34)27(37)39-23(16-8-4-2-5-9-16)17-10-6-3-7-11-17/h2-13,15,21,23,26H,14H2,1H3,(H2,30,31)(H,32,35)/b13-12+,33-20+. The number of aromatic nitrogens is 1. The summed E-state index contributed by atoms with van der Waals surface area (Å²) < 4.78 is 6.07. The van der Waals surface area contributed by atoms with Gasteiger partial charge in [-0.15, -0.1) is 23.1 Å². The highest BCUT2D eigenvalue weighted by atomic mass is 35.5. The summed E-state index contributed by atoms with van der Waals surface area (Å²) >= 11 is 8.41. The molecule has 2 atom stereocenters. The molecular weight excluding hydrogens is 586 g/mol. The summed E-state index contributed by atoms with van der Waals surface area (Å²) in [6, 6.07) is 17.8. The molecule has 0 aliphatic carbocycles. The zero-order valence-corrected chi connectivity index (χ0v) is 24.0. The van der Waals surface area contributed by atoms with E-state index in [1.54, 1.807) is 11.5 Å². The Morgan fingerprint density at radius 2 is 1.83 bits per heavy atom. The average Bonchev–Trinajstić information content (AvgIpc) is 3.43. The lowest BCUT2D eigenvalue weighted by Crippen LogP contribution is -2.71. The number of esters is 1. The fourth-order valence-corrected chi connectivity index (χ4v) is 6.50. The van der Waals surface area contributed by atoms with Crippen LogP contribution in [0.15, 0.2) is 94.1 Å². The highest BCUT2D eigenvalue weighted by Gasteiger charge is 2.54. The van der Waals surface area contributed by atoms with Crippen molar-refractivity contribution in [3.63, 3.8) is 0 Å². The van der Waals surface area contributed by atoms with Crippen LogP contribution in [0.1, 0.15) is 22.9 Å². The summed E-state index contributed by atoms with van der Waals surface area (Å²) in [5.74, 6) is -1.47. The molecule has 1 fully saturated rings. The third-order valence-corrected chi connectivity index (χ3v) is 8.44. The van der Waals surface area contributed by atoms with Gasteiger partial charge in [-0.1, -0.05) is 77.4 Å². The van der Waals surface area contributed by atoms with Crippen LogP contribution in [0.3, 0.4) is 0 Å². The Kier molecular flexibility index (Phi) is 8.72. The number of anilines is 1. The van der Waals surface area contributed by atoms with Crippen LogP contribution in [-0.4, -0.2) is 57.7 Å². The van der Waals surface area contributed by atoms with Gasteiger partial charge in [0.25, 0.3) is 11.8 Å². The van der Waals surface area contributed by atoms with Gasteiger partial charge in [0.1, 0.15) is 29.9 Å². The van der Waals surface area contributed by atoms with Crippen LogP contribution >= 0.6 is 34.7 Å². The molecule has 0 spiro atoms. The second-order valence-corrected chi connectivity index (χ2v) is 11.1. The maximum Gasteiger partial charge on any atom is 0.356 e. The number of hydrogen-bond donors (Lipinski definition) is 2. The summed E-state index contributed by atoms with van der Waals surface area (Å²) in [6.45, 7) is 0. The Morgan fingerprint density at radius 1 is 1.17 bits per heavy atom. The van der Waals surface area contributed by atoms with Gasteiger partial charge in [0, 0.05) is 16.7 Å². The Bertz CT molecular complexity index is 1500. The van der Waals surface area contributed by atoms with Crippen molar-refractivity contribution in [2.45, 2.75) is 17.5 Å². The molecule has 1 saturated heterocycles. The molecule has 3 aromatic rings. The van der Waals surface area contributed by atoms with Gasteiger partial charge in [-0.2, -0.15) is 0 Å². The van der Waals surface area contributed by atoms with Crippen LogP contribution in [0.4, 0.5) is 5.13 Å². The van der Waals surface area contributed by atoms with Crippen molar-refractivity contribution in [2.24, 2.45) is 5.16 Å². The summed E-state index contributed by atoms with van der Waals surface area (Å²) in [7, 11) is 1.29. The van der Waals surface area contributed by atoms with E-state index in [-0.39, 0.29) is 22.2 Å². The SMILES string of the molecule is CO/N=C(/C(=O)NC1C(=O)N2C(C(=O)OC(c3ccccc3)c3ccccc3)=C(/C=C/Cl)CSC12)c1csc(N)n1. The molecule has 3 N–H and O–H groups in total. The van der Waals surface area contributed by atoms with Crippen LogP contribution in [0, 0.1) is 0 Å². The van der Waals surface area contributed by atoms with E-state index in [2.05, 4.69) is 15.5 Å². The lowest BCUT2D eigenvalue weighted by atomic mass is 10.0. The predicted molar refractivity (Wildman–Crippen MR) is 158 cm³/mol. The number of fused-ring (bicyclic) bond motifs is 1. The van der Waals surface area contributed by atoms with Gasteiger partial charge in [0.15, 0.2) is 16.9 Å². The van der Waals surface area contributed by atoms with Gasteiger partial charge in [0.05, 0.1) is 0 Å². The Hall–Kier alpha value is -4.13. The number of amides is 2. The Labute approximate surface area is 248 Å². The smallest absolute Gasteiger partial charge is 0.356 e. The first-order valence-corrected chi connectivity index (χ1v) is 14.7. The van der Waals surface area contributed by atoms with Crippen molar-refractivity contribution in [1.82, 2.24) is 15.2 Å². The minimum atomic E-state index is -0.922. The van der Waals surface area contributed by atoms with E-state index in [9.17, 15) is 14.4 Å². The van der Waals surface area contributed by atoms with Gasteiger partial charge in [-0.3, -0.25) is 14.5 Å². The fourth-order valence-electron chi connectivity index (χ4n) is 4.48. The summed E-state index contributed by atoms with van der Waals surface area (Å²) in [5, 5.41) is 7.73. The minimum Gasteiger partial charge on any atom is -0.448 e. The number of carbonyl (C=O) groups excluding carboxylic acids is 3. The van der Waals surface area contributed by atoms with Crippen LogP contribution in [0.25, 0.3) is 0 Å². The number of β-lactam (4-membered cyclic amide) rings is 1. The van der Waals surface area contributed by atoms with Crippen molar-refractivity contribution < 1.29 is 24.0 Å². The molecule has 2 unspecified atom stereocenters. The van der Waals surface area contributed by atoms with Gasteiger partial charge in [-0.05, 0) is 22.8 Å². The molecule has 0 saturated carbocycles. The number of benzene rings is 2. The molecule has 2 aliphatic heterocycles. The first-order chi connectivity index (χ1) is 19.9. The number of thioether (sulfide) groups is 1. The van der Waals surface area contributed by atoms with Crippen LogP contribution in [0.2, 0.25) is 0 Å². The van der Waals surface area contributed by atoms with Crippen molar-refractivity contribution in [3.8, 4) is 0 Å². The molecule has 210 valence electrons. The predicted octanol–water partition coefficient (Wildman–Crippen LogP) is 3.82. The van der Waals surface area contributed by atoms with Gasteiger partial charge in [-0.25, -0.2) is 9.78 Å². The normalized spacial score (nSPS) is 18.8. The number of hydrogen-bond acceptors (Lipinski definition) is 10. The third kappa shape index (κ3) is 5.85. The number of ether oxygens (including phenoxy) is 1. The minimum absolute atomic E-state index is 0.0797. The van der Waals surface area contributed by atoms with E-state index in [4.69, 9.17) is 26.9 Å². The topological polar surface area (TPSA) is 136 Å². The first kappa shape index (κ1) is 28.4. The lowest BCUT2D eigenvalue weighted by Gasteiger charge is -2.49. The molecule has 0 radical (unpaired) electrons. The quantitative estimate of drug-likeness (QED) is 0.162. The first-order valence-electron chi connectivity index (χ1n) is 12.3. The van der Waals surface area contributed by atoms with Gasteiger partial charge >= 0.3 is 5.97 Å². The number of oxime groups is 1. The molecule has 3 heterocycles. The number of rotatable bonds is 9. The van der Waals surface area contributed by atoms with Gasteiger partial charge in [0.2, 0.25) is 0 Å². The van der Waals surface area contributed by atoms with Crippen LogP contribution in [0.5, 0.6) is 0 Å². The van der Waals surface area contributed by atoms with E-state index < -0.39 is 35.3 Å². The fraction of sp³-hybridized carbons (Fsp3) is 0.179. The number of nitrogen functional groups attached to an aromatic ring is 1. The third-order valence-electron chi connectivity index (χ3n) is 6.33. The van der Waals surface area contributed by atoms with Crippen LogP contribution in [-0.2, 0) is 24.0 Å².